The molecule has 4 atom stereocenters. The second kappa shape index (κ2) is 16.7. The zero-order chi connectivity index (χ0) is 44.7. The zero-order valence-electron chi connectivity index (χ0n) is 36.8. The van der Waals surface area contributed by atoms with E-state index in [1.807, 2.05) is 18.2 Å². The molecule has 2 saturated carbocycles. The number of imide groups is 1. The van der Waals surface area contributed by atoms with Crippen LogP contribution in [0.1, 0.15) is 111 Å². The first-order chi connectivity index (χ1) is 31.5. The second-order valence-electron chi connectivity index (χ2n) is 19.3. The fraction of sp³-hybridized carbons (Fsp3) is 0.587. The van der Waals surface area contributed by atoms with E-state index in [-0.39, 0.29) is 47.5 Å². The molecule has 4 aliphatic heterocycles. The maximum atomic E-state index is 14.3. The number of piperazine rings is 1. The first kappa shape index (κ1) is 42.1. The number of aryl methyl sites for hydroxylation is 1. The average Bonchev–Trinajstić information content (AvgIpc) is 4.14. The van der Waals surface area contributed by atoms with Gasteiger partial charge in [0.15, 0.2) is 11.3 Å². The highest BCUT2D eigenvalue weighted by Gasteiger charge is 2.41. The normalized spacial score (nSPS) is 28.1. The lowest BCUT2D eigenvalue weighted by molar-refractivity contribution is -0.135. The molecule has 344 valence electrons. The third-order valence-corrected chi connectivity index (χ3v) is 15.7. The number of hydrogen-bond acceptors (Lipinski definition) is 11. The van der Waals surface area contributed by atoms with Gasteiger partial charge in [-0.15, -0.1) is 0 Å². The van der Waals surface area contributed by atoms with Crippen molar-refractivity contribution < 1.29 is 27.9 Å². The van der Waals surface area contributed by atoms with E-state index in [1.54, 1.807) is 33.3 Å². The van der Waals surface area contributed by atoms with Gasteiger partial charge in [0.2, 0.25) is 11.8 Å². The Bertz CT molecular complexity index is 2710. The van der Waals surface area contributed by atoms with Gasteiger partial charge in [-0.25, -0.2) is 23.1 Å². The Kier molecular flexibility index (Phi) is 10.8. The summed E-state index contributed by atoms with van der Waals surface area (Å²) in [6.07, 6.45) is 9.25. The molecule has 2 bridgehead atoms. The number of piperidine rings is 1. The van der Waals surface area contributed by atoms with Gasteiger partial charge in [0.1, 0.15) is 17.4 Å². The number of aromatic nitrogens is 7. The quantitative estimate of drug-likeness (QED) is 0.177. The van der Waals surface area contributed by atoms with E-state index in [0.717, 1.165) is 107 Å². The van der Waals surface area contributed by atoms with Crippen LogP contribution in [0.2, 0.25) is 0 Å². The van der Waals surface area contributed by atoms with Crippen LogP contribution in [-0.2, 0) is 21.4 Å². The van der Waals surface area contributed by atoms with Crippen molar-refractivity contribution in [3.05, 3.63) is 70.2 Å². The topological polar surface area (TPSA) is 169 Å². The van der Waals surface area contributed by atoms with Gasteiger partial charge in [-0.3, -0.25) is 38.4 Å². The summed E-state index contributed by atoms with van der Waals surface area (Å²) in [5.74, 6) is 0.865. The number of alkyl halides is 2. The number of fused-ring (bicyclic) bond motifs is 4. The molecule has 4 saturated heterocycles. The number of rotatable bonds is 11. The van der Waals surface area contributed by atoms with E-state index in [2.05, 4.69) is 48.5 Å². The molecule has 1 aromatic carbocycles. The molecule has 2 aliphatic carbocycles. The largest absolute Gasteiger partial charge is 0.374 e. The van der Waals surface area contributed by atoms with Gasteiger partial charge >= 0.3 is 5.69 Å². The Balaban J connectivity index is 0.662. The van der Waals surface area contributed by atoms with Crippen LogP contribution >= 0.6 is 0 Å². The molecular weight excluding hydrogens is 839 g/mol. The molecule has 2 N–H and O–H groups in total. The van der Waals surface area contributed by atoms with Crippen molar-refractivity contribution in [2.45, 2.75) is 107 Å². The highest BCUT2D eigenvalue weighted by Crippen LogP contribution is 2.47. The molecule has 19 heteroatoms. The van der Waals surface area contributed by atoms with Crippen LogP contribution in [0, 0.1) is 11.8 Å². The van der Waals surface area contributed by atoms with Crippen LogP contribution in [-0.4, -0.2) is 125 Å². The average molecular weight is 895 g/mol. The minimum absolute atomic E-state index is 0.00666. The maximum absolute atomic E-state index is 14.3. The highest BCUT2D eigenvalue weighted by molar-refractivity contribution is 6.08. The fourth-order valence-corrected chi connectivity index (χ4v) is 11.8. The molecule has 4 aromatic heterocycles. The van der Waals surface area contributed by atoms with Crippen molar-refractivity contribution in [1.29, 1.82) is 0 Å². The highest BCUT2D eigenvalue weighted by atomic mass is 19.3. The number of carbonyl (C=O) groups excluding carboxylic acids is 3. The molecule has 6 fully saturated rings. The van der Waals surface area contributed by atoms with Crippen molar-refractivity contribution in [2.24, 2.45) is 18.9 Å². The standard InChI is InChI=1S/C46H56F2N12O5/c1-26(28-18-29(19-28)33-4-3-5-36-41(33)54(2)46(64)60(36)37-10-11-39(61)52-45(37)63)56-16-14-55(15-17-56)22-27-6-8-30(9-7-27)59-24-35(40(53-59)42(47)48)50-44(62)34-21-49-58-13-12-38(51-43(34)58)57-23-32-20-31(57)25-65-32/h3-5,12-13,21,24,26-32,37,42H,6-11,14-20,22-23,25H2,1-2H3,(H,50,62)(H,52,61,63)/t26-,27?,28?,29?,30?,31+,32+,37?/m0/s1. The van der Waals surface area contributed by atoms with E-state index in [0.29, 0.717) is 42.5 Å². The molecule has 5 aromatic rings. The predicted octanol–water partition coefficient (Wildman–Crippen LogP) is 4.66. The number of carbonyl (C=O) groups is 3. The number of imidazole rings is 1. The van der Waals surface area contributed by atoms with Gasteiger partial charge in [0.25, 0.3) is 12.3 Å². The number of nitrogens with one attached hydrogen (secondary N) is 2. The van der Waals surface area contributed by atoms with Gasteiger partial charge < -0.3 is 19.9 Å². The Morgan fingerprint density at radius 1 is 1.00 bits per heavy atom. The minimum atomic E-state index is -2.85. The SMILES string of the molecule is C[C@@H](C1CC(c2cccc3c2n(C)c(=O)n3C2CCC(=O)NC2=O)C1)N1CCN(CC2CCC(n3cc(NC(=O)c4cnn5ccc(N6C[C@H]7C[C@@H]6CO7)nc45)c(C(F)F)n3)CC2)CC1. The lowest BCUT2D eigenvalue weighted by Crippen LogP contribution is -2.53. The van der Waals surface area contributed by atoms with Crippen molar-refractivity contribution >= 4 is 45.9 Å². The summed E-state index contributed by atoms with van der Waals surface area (Å²) in [5.41, 5.74) is 2.68. The lowest BCUT2D eigenvalue weighted by Gasteiger charge is -2.47. The van der Waals surface area contributed by atoms with Crippen LogP contribution in [0.15, 0.2) is 47.7 Å². The van der Waals surface area contributed by atoms with Crippen LogP contribution in [0.4, 0.5) is 20.3 Å². The summed E-state index contributed by atoms with van der Waals surface area (Å²) in [4.78, 5) is 63.7. The van der Waals surface area contributed by atoms with E-state index in [1.165, 1.54) is 10.7 Å². The predicted molar refractivity (Wildman–Crippen MR) is 236 cm³/mol. The molecule has 65 heavy (non-hydrogen) atoms. The minimum Gasteiger partial charge on any atom is -0.374 e. The van der Waals surface area contributed by atoms with Crippen molar-refractivity contribution in [1.82, 2.24) is 48.6 Å². The number of halogens is 2. The zero-order valence-corrected chi connectivity index (χ0v) is 36.8. The molecule has 11 rings (SSSR count). The third-order valence-electron chi connectivity index (χ3n) is 15.7. The van der Waals surface area contributed by atoms with Crippen LogP contribution in [0.3, 0.4) is 0 Å². The summed E-state index contributed by atoms with van der Waals surface area (Å²) >= 11 is 0. The fourth-order valence-electron chi connectivity index (χ4n) is 11.8. The number of amides is 3. The van der Waals surface area contributed by atoms with Gasteiger partial charge in [0.05, 0.1) is 47.7 Å². The van der Waals surface area contributed by atoms with Gasteiger partial charge in [-0.2, -0.15) is 10.2 Å². The summed E-state index contributed by atoms with van der Waals surface area (Å²) < 4.78 is 40.8. The molecule has 0 radical (unpaired) electrons. The van der Waals surface area contributed by atoms with E-state index in [9.17, 15) is 28.0 Å². The second-order valence-corrected chi connectivity index (χ2v) is 19.3. The molecule has 17 nitrogen and oxygen atoms in total. The smallest absolute Gasteiger partial charge is 0.329 e. The van der Waals surface area contributed by atoms with E-state index in [4.69, 9.17) is 9.72 Å². The maximum Gasteiger partial charge on any atom is 0.329 e. The first-order valence-electron chi connectivity index (χ1n) is 23.4. The summed E-state index contributed by atoms with van der Waals surface area (Å²) in [7, 11) is 1.77. The Morgan fingerprint density at radius 2 is 1.80 bits per heavy atom. The number of anilines is 2. The molecule has 8 heterocycles. The summed E-state index contributed by atoms with van der Waals surface area (Å²) in [5, 5.41) is 13.7. The number of morpholine rings is 1. The van der Waals surface area contributed by atoms with E-state index < -0.39 is 30.0 Å². The summed E-state index contributed by atoms with van der Waals surface area (Å²) in [6.45, 7) is 8.79. The van der Waals surface area contributed by atoms with Crippen molar-refractivity contribution in [3.8, 4) is 0 Å². The molecule has 3 amide bonds. The monoisotopic (exact) mass is 894 g/mol. The number of nitrogens with zero attached hydrogens (tertiary/aromatic N) is 10. The van der Waals surface area contributed by atoms with Gasteiger partial charge in [-0.05, 0) is 93.7 Å². The van der Waals surface area contributed by atoms with Gasteiger partial charge in [-0.1, -0.05) is 12.1 Å². The Labute approximate surface area is 374 Å². The Hall–Kier alpha value is -5.53. The Morgan fingerprint density at radius 3 is 2.52 bits per heavy atom. The van der Waals surface area contributed by atoms with Gasteiger partial charge in [0, 0.05) is 71.2 Å². The van der Waals surface area contributed by atoms with Crippen molar-refractivity contribution in [2.75, 3.05) is 56.1 Å². The number of ether oxygens (including phenoxy) is 1. The molecular formula is C46H56F2N12O5. The summed E-state index contributed by atoms with van der Waals surface area (Å²) in [6, 6.07) is 7.84. The van der Waals surface area contributed by atoms with Crippen LogP contribution in [0.5, 0.6) is 0 Å². The first-order valence-corrected chi connectivity index (χ1v) is 23.4. The number of para-hydroxylation sites is 1. The van der Waals surface area contributed by atoms with E-state index >= 15 is 0 Å². The molecule has 6 aliphatic rings. The molecule has 1 unspecified atom stereocenters. The number of benzene rings is 1. The lowest BCUT2D eigenvalue weighted by atomic mass is 9.68. The number of hydrogen-bond donors (Lipinski definition) is 2. The van der Waals surface area contributed by atoms with Crippen molar-refractivity contribution in [3.63, 3.8) is 0 Å². The third kappa shape index (κ3) is 7.62. The van der Waals surface area contributed by atoms with Crippen LogP contribution < -0.4 is 21.2 Å². The van der Waals surface area contributed by atoms with Crippen LogP contribution in [0.25, 0.3) is 16.7 Å². The molecule has 0 spiro atoms.